The number of aliphatic hydroxyl groups excluding tert-OH is 7. The Labute approximate surface area is 187 Å². The Kier molecular flexibility index (Phi) is 14.9. The number of unbranched alkanes of at least 4 members (excludes halogenated alkanes) is 1. The number of hydrogen-bond acceptors (Lipinski definition) is 13. The zero-order valence-electron chi connectivity index (χ0n) is 18.3. The van der Waals surface area contributed by atoms with Gasteiger partial charge in [-0.15, -0.1) is 0 Å². The van der Waals surface area contributed by atoms with E-state index >= 15 is 0 Å². The van der Waals surface area contributed by atoms with Crippen LogP contribution in [0.2, 0.25) is 0 Å². The first kappa shape index (κ1) is 29.5. The lowest BCUT2D eigenvalue weighted by Gasteiger charge is -2.40. The smallest absolute Gasteiger partial charge is 0.186 e. The summed E-state index contributed by atoms with van der Waals surface area (Å²) in [5, 5.41) is 70.1. The Morgan fingerprint density at radius 3 is 2.16 bits per heavy atom. The van der Waals surface area contributed by atoms with E-state index in [0.717, 1.165) is 0 Å². The van der Waals surface area contributed by atoms with E-state index in [0.29, 0.717) is 39.1 Å². The van der Waals surface area contributed by atoms with Gasteiger partial charge in [0.25, 0.3) is 0 Å². The summed E-state index contributed by atoms with van der Waals surface area (Å²) in [5.74, 6) is 4.89. The van der Waals surface area contributed by atoms with Gasteiger partial charge in [0.2, 0.25) is 0 Å². The van der Waals surface area contributed by atoms with E-state index in [1.54, 1.807) is 0 Å². The van der Waals surface area contributed by atoms with Crippen LogP contribution in [0.15, 0.2) is 0 Å². The summed E-state index contributed by atoms with van der Waals surface area (Å²) in [5.41, 5.74) is 0. The zero-order valence-corrected chi connectivity index (χ0v) is 18.3. The second-order valence-corrected chi connectivity index (χ2v) is 7.75. The molecule has 0 aromatic carbocycles. The second kappa shape index (κ2) is 16.2. The number of ether oxygens (including phenoxy) is 4. The van der Waals surface area contributed by atoms with Crippen LogP contribution in [0.5, 0.6) is 0 Å². The van der Waals surface area contributed by atoms with Gasteiger partial charge in [-0.3, -0.25) is 0 Å². The van der Waals surface area contributed by atoms with Crippen molar-refractivity contribution in [2.75, 3.05) is 40.1 Å². The van der Waals surface area contributed by atoms with Crippen molar-refractivity contribution in [3.05, 3.63) is 0 Å². The molecule has 4 unspecified atom stereocenters. The van der Waals surface area contributed by atoms with Crippen molar-refractivity contribution >= 4 is 0 Å². The molecule has 0 aromatic rings. The third kappa shape index (κ3) is 9.77. The van der Waals surface area contributed by atoms with Gasteiger partial charge in [-0.1, -0.05) is 0 Å². The van der Waals surface area contributed by atoms with Crippen molar-refractivity contribution in [1.82, 2.24) is 0 Å². The van der Waals surface area contributed by atoms with Crippen LogP contribution >= 0.6 is 0 Å². The predicted octanol–water partition coefficient (Wildman–Crippen LogP) is -3.63. The van der Waals surface area contributed by atoms with Crippen molar-refractivity contribution in [2.24, 2.45) is 5.90 Å². The molecular formula is C19H39NO12. The molecule has 192 valence electrons. The van der Waals surface area contributed by atoms with Crippen molar-refractivity contribution in [2.45, 2.75) is 80.8 Å². The van der Waals surface area contributed by atoms with E-state index in [-0.39, 0.29) is 13.0 Å². The normalized spacial score (nSPS) is 30.1. The molecule has 13 nitrogen and oxygen atoms in total. The van der Waals surface area contributed by atoms with E-state index < -0.39 is 61.7 Å². The van der Waals surface area contributed by atoms with Crippen LogP contribution in [0.3, 0.4) is 0 Å². The third-order valence-corrected chi connectivity index (χ3v) is 5.16. The number of rotatable bonds is 17. The van der Waals surface area contributed by atoms with Crippen molar-refractivity contribution in [3.8, 4) is 0 Å². The fourth-order valence-corrected chi connectivity index (χ4v) is 3.18. The minimum atomic E-state index is -1.73. The molecule has 0 saturated carbocycles. The summed E-state index contributed by atoms with van der Waals surface area (Å²) in [6, 6.07) is 0. The van der Waals surface area contributed by atoms with Crippen LogP contribution in [0.4, 0.5) is 0 Å². The molecule has 0 spiro atoms. The molecule has 0 amide bonds. The fourth-order valence-electron chi connectivity index (χ4n) is 3.18. The molecule has 1 aliphatic rings. The first-order chi connectivity index (χ1) is 15.2. The molecule has 1 aliphatic heterocycles. The Bertz CT molecular complexity index is 476. The van der Waals surface area contributed by atoms with Gasteiger partial charge >= 0.3 is 0 Å². The molecular weight excluding hydrogens is 434 g/mol. The average molecular weight is 474 g/mol. The summed E-state index contributed by atoms with van der Waals surface area (Å²) in [6.45, 7) is 0.705. The summed E-state index contributed by atoms with van der Waals surface area (Å²) in [6.07, 6.45) is -11.2. The Hall–Kier alpha value is -0.520. The fraction of sp³-hybridized carbons (Fsp3) is 1.00. The van der Waals surface area contributed by atoms with Crippen LogP contribution in [-0.2, 0) is 23.8 Å². The van der Waals surface area contributed by atoms with Gasteiger partial charge in [0.1, 0.15) is 42.7 Å². The van der Waals surface area contributed by atoms with Gasteiger partial charge < -0.3 is 59.5 Å². The van der Waals surface area contributed by atoms with E-state index in [4.69, 9.17) is 24.8 Å². The summed E-state index contributed by atoms with van der Waals surface area (Å²) in [4.78, 5) is 4.41. The first-order valence-corrected chi connectivity index (χ1v) is 10.7. The van der Waals surface area contributed by atoms with Crippen molar-refractivity contribution < 1.29 is 59.5 Å². The molecule has 1 fully saturated rings. The molecule has 9 atom stereocenters. The van der Waals surface area contributed by atoms with Crippen LogP contribution in [0, 0.1) is 0 Å². The molecule has 0 aliphatic carbocycles. The van der Waals surface area contributed by atoms with Gasteiger partial charge in [-0.25, -0.2) is 5.90 Å². The number of methoxy groups -OCH3 is 1. The molecule has 0 bridgehead atoms. The SMILES string of the molecule is COCC1O[C@H](OCC(O)[C@@H](O)[C@H](O)C(O)CCCCOCCCON)C(O)[C@@H](O)[C@@H]1O. The Balaban J connectivity index is 2.34. The van der Waals surface area contributed by atoms with E-state index in [1.165, 1.54) is 7.11 Å². The lowest BCUT2D eigenvalue weighted by atomic mass is 9.98. The first-order valence-electron chi connectivity index (χ1n) is 10.7. The van der Waals surface area contributed by atoms with E-state index in [9.17, 15) is 35.7 Å². The van der Waals surface area contributed by atoms with E-state index in [1.807, 2.05) is 0 Å². The maximum Gasteiger partial charge on any atom is 0.186 e. The Morgan fingerprint density at radius 1 is 0.844 bits per heavy atom. The van der Waals surface area contributed by atoms with Crippen LogP contribution in [0.25, 0.3) is 0 Å². The standard InChI is InChI=1S/C19H39NO12/c1-28-10-13-16(25)17(26)18(27)19(32-13)30-9-12(22)15(24)14(23)11(21)5-2-3-6-29-7-4-8-31-20/h11-19,21-27H,2-10,20H2,1H3/t11?,12?,13?,14-,15-,16-,17+,18?,19+/m1/s1. The molecule has 0 aromatic heterocycles. The molecule has 1 rings (SSSR count). The molecule has 0 radical (unpaired) electrons. The topological polar surface area (TPSA) is 214 Å². The zero-order chi connectivity index (χ0) is 24.1. The highest BCUT2D eigenvalue weighted by molar-refractivity contribution is 4.89. The average Bonchev–Trinajstić information content (AvgIpc) is 2.79. The van der Waals surface area contributed by atoms with Gasteiger partial charge in [0.15, 0.2) is 6.29 Å². The van der Waals surface area contributed by atoms with E-state index in [2.05, 4.69) is 4.84 Å². The molecule has 1 heterocycles. The van der Waals surface area contributed by atoms with Crippen LogP contribution in [0.1, 0.15) is 25.7 Å². The molecule has 32 heavy (non-hydrogen) atoms. The van der Waals surface area contributed by atoms with Gasteiger partial charge in [-0.2, -0.15) is 0 Å². The molecule has 13 heteroatoms. The highest BCUT2D eigenvalue weighted by atomic mass is 16.7. The maximum absolute atomic E-state index is 10.1. The quantitative estimate of drug-likeness (QED) is 0.0757. The predicted molar refractivity (Wildman–Crippen MR) is 108 cm³/mol. The van der Waals surface area contributed by atoms with Gasteiger partial charge in [0.05, 0.1) is 25.9 Å². The number of nitrogens with two attached hydrogens (primary N) is 1. The molecule has 1 saturated heterocycles. The lowest BCUT2D eigenvalue weighted by molar-refractivity contribution is -0.307. The molecule has 9 N–H and O–H groups in total. The van der Waals surface area contributed by atoms with Gasteiger partial charge in [-0.05, 0) is 25.7 Å². The highest BCUT2D eigenvalue weighted by Crippen LogP contribution is 2.23. The van der Waals surface area contributed by atoms with Crippen molar-refractivity contribution in [1.29, 1.82) is 0 Å². The minimum Gasteiger partial charge on any atom is -0.390 e. The minimum absolute atomic E-state index is 0.0753. The summed E-state index contributed by atoms with van der Waals surface area (Å²) >= 11 is 0. The summed E-state index contributed by atoms with van der Waals surface area (Å²) in [7, 11) is 1.36. The number of aliphatic hydroxyl groups is 7. The van der Waals surface area contributed by atoms with Crippen LogP contribution in [-0.4, -0.2) is 131 Å². The third-order valence-electron chi connectivity index (χ3n) is 5.16. The van der Waals surface area contributed by atoms with Crippen molar-refractivity contribution in [3.63, 3.8) is 0 Å². The van der Waals surface area contributed by atoms with Gasteiger partial charge in [0, 0.05) is 20.3 Å². The monoisotopic (exact) mass is 473 g/mol. The summed E-state index contributed by atoms with van der Waals surface area (Å²) < 4.78 is 20.8. The highest BCUT2D eigenvalue weighted by Gasteiger charge is 2.44. The maximum atomic E-state index is 10.1. The second-order valence-electron chi connectivity index (χ2n) is 7.75. The largest absolute Gasteiger partial charge is 0.390 e. The van der Waals surface area contributed by atoms with Crippen LogP contribution < -0.4 is 5.90 Å². The lowest BCUT2D eigenvalue weighted by Crippen LogP contribution is -2.59. The number of hydrogen-bond donors (Lipinski definition) is 8. The Morgan fingerprint density at radius 2 is 1.50 bits per heavy atom.